The molecule has 0 aliphatic heterocycles. The second-order valence-electron chi connectivity index (χ2n) is 2.57. The molecule has 1 heterocycles. The monoisotopic (exact) mass is 182 g/mol. The molecule has 0 aliphatic carbocycles. The van der Waals surface area contributed by atoms with Gasteiger partial charge in [0, 0.05) is 17.1 Å². The van der Waals surface area contributed by atoms with Gasteiger partial charge in [0.1, 0.15) is 0 Å². The van der Waals surface area contributed by atoms with Gasteiger partial charge in [-0.05, 0) is 12.1 Å². The number of nitrogen functional groups attached to an aromatic ring is 1. The highest BCUT2D eigenvalue weighted by Crippen LogP contribution is 2.36. The summed E-state index contributed by atoms with van der Waals surface area (Å²) < 4.78 is 0. The van der Waals surface area contributed by atoms with Crippen molar-refractivity contribution in [2.24, 2.45) is 0 Å². The molecule has 1 aromatic carbocycles. The van der Waals surface area contributed by atoms with Gasteiger partial charge < -0.3 is 15.8 Å². The Morgan fingerprint density at radius 3 is 3.00 bits per heavy atom. The van der Waals surface area contributed by atoms with Gasteiger partial charge in [0.25, 0.3) is 0 Å². The Balaban J connectivity index is 2.94. The predicted molar refractivity (Wildman–Crippen MR) is 49.4 cm³/mol. The SMILES string of the molecule is Nc1cc2[nH]ccc2c(Cl)c1O. The minimum atomic E-state index is -0.0521. The van der Waals surface area contributed by atoms with Crippen LogP contribution in [0.3, 0.4) is 0 Å². The number of fused-ring (bicyclic) bond motifs is 1. The first-order valence-electron chi connectivity index (χ1n) is 3.44. The Kier molecular flexibility index (Phi) is 1.41. The van der Waals surface area contributed by atoms with E-state index in [9.17, 15) is 5.11 Å². The molecule has 0 fully saturated rings. The highest BCUT2D eigenvalue weighted by molar-refractivity contribution is 6.37. The van der Waals surface area contributed by atoms with Crippen molar-refractivity contribution in [1.82, 2.24) is 4.98 Å². The molecule has 0 aliphatic rings. The fourth-order valence-electron chi connectivity index (χ4n) is 1.17. The van der Waals surface area contributed by atoms with Crippen LogP contribution < -0.4 is 5.73 Å². The second-order valence-corrected chi connectivity index (χ2v) is 2.95. The summed E-state index contributed by atoms with van der Waals surface area (Å²) >= 11 is 5.82. The third-order valence-electron chi connectivity index (χ3n) is 1.80. The van der Waals surface area contributed by atoms with Crippen LogP contribution in [0.25, 0.3) is 10.9 Å². The third kappa shape index (κ3) is 0.833. The fourth-order valence-corrected chi connectivity index (χ4v) is 1.45. The summed E-state index contributed by atoms with van der Waals surface area (Å²) in [5.41, 5.74) is 6.61. The van der Waals surface area contributed by atoms with Gasteiger partial charge in [-0.25, -0.2) is 0 Å². The molecule has 2 rings (SSSR count). The molecule has 0 atom stereocenters. The number of rotatable bonds is 0. The maximum atomic E-state index is 9.35. The number of phenolic OH excluding ortho intramolecular Hbond substituents is 1. The van der Waals surface area contributed by atoms with Gasteiger partial charge in [0.2, 0.25) is 0 Å². The minimum absolute atomic E-state index is 0.0521. The summed E-state index contributed by atoms with van der Waals surface area (Å²) in [4.78, 5) is 2.95. The molecule has 62 valence electrons. The Morgan fingerprint density at radius 2 is 2.25 bits per heavy atom. The van der Waals surface area contributed by atoms with Gasteiger partial charge in [0.05, 0.1) is 10.7 Å². The standard InChI is InChI=1S/C8H7ClN2O/c9-7-4-1-2-11-6(4)3-5(10)8(7)12/h1-3,11-12H,10H2. The highest BCUT2D eigenvalue weighted by Gasteiger charge is 2.08. The van der Waals surface area contributed by atoms with Crippen molar-refractivity contribution < 1.29 is 5.11 Å². The molecule has 0 saturated heterocycles. The van der Waals surface area contributed by atoms with Crippen LogP contribution in [-0.2, 0) is 0 Å². The molecule has 0 spiro atoms. The first kappa shape index (κ1) is 7.31. The molecule has 0 saturated carbocycles. The number of phenols is 1. The average molecular weight is 183 g/mol. The van der Waals surface area contributed by atoms with Gasteiger partial charge in [-0.2, -0.15) is 0 Å². The molecule has 4 N–H and O–H groups in total. The number of hydrogen-bond donors (Lipinski definition) is 3. The van der Waals surface area contributed by atoms with Gasteiger partial charge >= 0.3 is 0 Å². The van der Waals surface area contributed by atoms with E-state index in [0.29, 0.717) is 5.02 Å². The van der Waals surface area contributed by atoms with Crippen molar-refractivity contribution in [3.05, 3.63) is 23.4 Å². The van der Waals surface area contributed by atoms with Crippen molar-refractivity contribution in [2.75, 3.05) is 5.73 Å². The van der Waals surface area contributed by atoms with Gasteiger partial charge in [-0.3, -0.25) is 0 Å². The number of benzene rings is 1. The summed E-state index contributed by atoms with van der Waals surface area (Å²) in [6.45, 7) is 0. The molecule has 12 heavy (non-hydrogen) atoms. The average Bonchev–Trinajstić information content (AvgIpc) is 2.48. The van der Waals surface area contributed by atoms with Crippen LogP contribution >= 0.6 is 11.6 Å². The van der Waals surface area contributed by atoms with Crippen LogP contribution in [0.5, 0.6) is 5.75 Å². The van der Waals surface area contributed by atoms with Crippen molar-refractivity contribution in [3.63, 3.8) is 0 Å². The van der Waals surface area contributed by atoms with Crippen LogP contribution in [0.1, 0.15) is 0 Å². The summed E-state index contributed by atoms with van der Waals surface area (Å²) in [5, 5.41) is 10.4. The lowest BCUT2D eigenvalue weighted by atomic mass is 10.2. The van der Waals surface area contributed by atoms with Gasteiger partial charge in [-0.1, -0.05) is 11.6 Å². The van der Waals surface area contributed by atoms with E-state index in [2.05, 4.69) is 4.98 Å². The van der Waals surface area contributed by atoms with Crippen LogP contribution in [0.4, 0.5) is 5.69 Å². The Bertz CT molecular complexity index is 436. The smallest absolute Gasteiger partial charge is 0.157 e. The highest BCUT2D eigenvalue weighted by atomic mass is 35.5. The number of halogens is 1. The molecule has 0 amide bonds. The third-order valence-corrected chi connectivity index (χ3v) is 2.18. The fraction of sp³-hybridized carbons (Fsp3) is 0. The van der Waals surface area contributed by atoms with E-state index in [1.54, 1.807) is 18.3 Å². The van der Waals surface area contributed by atoms with Gasteiger partial charge in [-0.15, -0.1) is 0 Å². The lowest BCUT2D eigenvalue weighted by Gasteiger charge is -2.01. The largest absolute Gasteiger partial charge is 0.504 e. The van der Waals surface area contributed by atoms with E-state index in [-0.39, 0.29) is 11.4 Å². The molecule has 4 heteroatoms. The maximum Gasteiger partial charge on any atom is 0.157 e. The molecule has 0 radical (unpaired) electrons. The van der Waals surface area contributed by atoms with Crippen molar-refractivity contribution in [1.29, 1.82) is 0 Å². The Morgan fingerprint density at radius 1 is 1.50 bits per heavy atom. The van der Waals surface area contributed by atoms with E-state index in [4.69, 9.17) is 17.3 Å². The lowest BCUT2D eigenvalue weighted by Crippen LogP contribution is -1.86. The zero-order chi connectivity index (χ0) is 8.72. The zero-order valence-corrected chi connectivity index (χ0v) is 6.89. The number of nitrogens with one attached hydrogen (secondary N) is 1. The van der Waals surface area contributed by atoms with E-state index in [0.717, 1.165) is 10.9 Å². The number of anilines is 1. The van der Waals surface area contributed by atoms with Gasteiger partial charge in [0.15, 0.2) is 5.75 Å². The second kappa shape index (κ2) is 2.32. The lowest BCUT2D eigenvalue weighted by molar-refractivity contribution is 0.479. The van der Waals surface area contributed by atoms with E-state index in [1.807, 2.05) is 0 Å². The molecule has 3 nitrogen and oxygen atoms in total. The molecular formula is C8H7ClN2O. The van der Waals surface area contributed by atoms with Crippen molar-refractivity contribution >= 4 is 28.2 Å². The maximum absolute atomic E-state index is 9.35. The topological polar surface area (TPSA) is 62.0 Å². The van der Waals surface area contributed by atoms with E-state index in [1.165, 1.54) is 0 Å². The molecular weight excluding hydrogens is 176 g/mol. The van der Waals surface area contributed by atoms with Crippen LogP contribution in [-0.4, -0.2) is 10.1 Å². The van der Waals surface area contributed by atoms with Crippen LogP contribution in [0, 0.1) is 0 Å². The molecule has 2 aromatic rings. The number of nitrogens with two attached hydrogens (primary N) is 1. The first-order valence-corrected chi connectivity index (χ1v) is 3.82. The predicted octanol–water partition coefficient (Wildman–Crippen LogP) is 2.11. The molecule has 0 unspecified atom stereocenters. The van der Waals surface area contributed by atoms with Crippen molar-refractivity contribution in [3.8, 4) is 5.75 Å². The minimum Gasteiger partial charge on any atom is -0.504 e. The quantitative estimate of drug-likeness (QED) is 0.432. The Hall–Kier alpha value is -1.35. The number of aromatic hydroxyl groups is 1. The van der Waals surface area contributed by atoms with Crippen LogP contribution in [0.15, 0.2) is 18.3 Å². The van der Waals surface area contributed by atoms with E-state index >= 15 is 0 Å². The van der Waals surface area contributed by atoms with Crippen LogP contribution in [0.2, 0.25) is 5.02 Å². The summed E-state index contributed by atoms with van der Waals surface area (Å²) in [5.74, 6) is -0.0521. The van der Waals surface area contributed by atoms with Crippen molar-refractivity contribution in [2.45, 2.75) is 0 Å². The molecule has 1 aromatic heterocycles. The summed E-state index contributed by atoms with van der Waals surface area (Å²) in [6.07, 6.45) is 1.75. The summed E-state index contributed by atoms with van der Waals surface area (Å²) in [6, 6.07) is 3.44. The number of aromatic amines is 1. The summed E-state index contributed by atoms with van der Waals surface area (Å²) in [7, 11) is 0. The zero-order valence-electron chi connectivity index (χ0n) is 6.13. The Labute approximate surface area is 73.8 Å². The number of aromatic nitrogens is 1. The molecule has 0 bridgehead atoms. The normalized spacial score (nSPS) is 10.8. The first-order chi connectivity index (χ1) is 5.70. The van der Waals surface area contributed by atoms with E-state index < -0.39 is 0 Å². The number of hydrogen-bond acceptors (Lipinski definition) is 2. The number of H-pyrrole nitrogens is 1.